The zero-order valence-corrected chi connectivity index (χ0v) is 22.3. The van der Waals surface area contributed by atoms with Crippen LogP contribution in [0, 0.1) is 5.92 Å². The van der Waals surface area contributed by atoms with E-state index in [1.165, 1.54) is 0 Å². The maximum atomic E-state index is 15.8. The molecule has 2 N–H and O–H groups in total. The SMILES string of the molecule is CC(C)CC(SC1(C(C)(C)F)C=CC(c2ccccc2)=CC1)c1ccc(C(=O)NCCC(=O)O)cc1. The van der Waals surface area contributed by atoms with Gasteiger partial charge in [0.15, 0.2) is 0 Å². The molecular weight excluding hydrogens is 473 g/mol. The number of rotatable bonds is 11. The molecule has 6 heteroatoms. The van der Waals surface area contributed by atoms with Gasteiger partial charge in [-0.3, -0.25) is 9.59 Å². The number of allylic oxidation sites excluding steroid dienone is 3. The first kappa shape index (κ1) is 27.7. The lowest BCUT2D eigenvalue weighted by atomic mass is 9.83. The molecule has 2 aromatic rings. The van der Waals surface area contributed by atoms with E-state index >= 15 is 4.39 Å². The van der Waals surface area contributed by atoms with Crippen molar-refractivity contribution in [3.8, 4) is 0 Å². The predicted octanol–water partition coefficient (Wildman–Crippen LogP) is 7.24. The van der Waals surface area contributed by atoms with Crippen molar-refractivity contribution in [1.82, 2.24) is 5.32 Å². The lowest BCUT2D eigenvalue weighted by Gasteiger charge is -2.42. The standard InChI is InChI=1S/C30H36FNO3S/c1-21(2)20-26(24-10-12-25(13-11-24)28(35)32-19-16-27(33)34)36-30(29(3,4)31)17-14-23(15-18-30)22-8-6-5-7-9-22/h5-15,17,21,26H,16,18-20H2,1-4H3,(H,32,35)(H,33,34). The van der Waals surface area contributed by atoms with Gasteiger partial charge in [-0.05, 0) is 61.4 Å². The molecule has 1 aliphatic carbocycles. The molecule has 2 atom stereocenters. The molecule has 36 heavy (non-hydrogen) atoms. The van der Waals surface area contributed by atoms with Gasteiger partial charge < -0.3 is 10.4 Å². The third-order valence-corrected chi connectivity index (χ3v) is 8.44. The summed E-state index contributed by atoms with van der Waals surface area (Å²) in [6, 6.07) is 17.5. The number of hydrogen-bond donors (Lipinski definition) is 2. The topological polar surface area (TPSA) is 66.4 Å². The number of carbonyl (C=O) groups is 2. The van der Waals surface area contributed by atoms with Crippen molar-refractivity contribution in [1.29, 1.82) is 0 Å². The average Bonchev–Trinajstić information content (AvgIpc) is 2.83. The molecule has 1 amide bonds. The van der Waals surface area contributed by atoms with Gasteiger partial charge in [0.1, 0.15) is 5.67 Å². The number of alkyl halides is 1. The second-order valence-electron chi connectivity index (χ2n) is 10.2. The molecule has 0 fully saturated rings. The third kappa shape index (κ3) is 7.10. The van der Waals surface area contributed by atoms with Crippen LogP contribution in [0.2, 0.25) is 0 Å². The Morgan fingerprint density at radius 2 is 1.78 bits per heavy atom. The van der Waals surface area contributed by atoms with Gasteiger partial charge in [0.25, 0.3) is 5.91 Å². The largest absolute Gasteiger partial charge is 0.481 e. The molecule has 0 radical (unpaired) electrons. The van der Waals surface area contributed by atoms with E-state index in [4.69, 9.17) is 5.11 Å². The number of thioether (sulfide) groups is 1. The summed E-state index contributed by atoms with van der Waals surface area (Å²) in [6.45, 7) is 7.72. The van der Waals surface area contributed by atoms with Gasteiger partial charge >= 0.3 is 5.97 Å². The highest BCUT2D eigenvalue weighted by molar-refractivity contribution is 8.01. The van der Waals surface area contributed by atoms with Gasteiger partial charge in [-0.2, -0.15) is 0 Å². The Bertz CT molecular complexity index is 1100. The van der Waals surface area contributed by atoms with Crippen molar-refractivity contribution in [2.45, 2.75) is 62.6 Å². The summed E-state index contributed by atoms with van der Waals surface area (Å²) in [6.07, 6.45) is 7.56. The fraction of sp³-hybridized carbons (Fsp3) is 0.400. The molecule has 0 saturated carbocycles. The summed E-state index contributed by atoms with van der Waals surface area (Å²) in [5.41, 5.74) is 2.30. The van der Waals surface area contributed by atoms with Crippen LogP contribution in [-0.4, -0.2) is 33.9 Å². The molecule has 0 saturated heterocycles. The van der Waals surface area contributed by atoms with Gasteiger partial charge in [0, 0.05) is 17.4 Å². The smallest absolute Gasteiger partial charge is 0.305 e. The van der Waals surface area contributed by atoms with Crippen LogP contribution in [0.25, 0.3) is 5.57 Å². The molecule has 2 unspecified atom stereocenters. The first-order valence-electron chi connectivity index (χ1n) is 12.4. The van der Waals surface area contributed by atoms with Gasteiger partial charge in [-0.15, -0.1) is 11.8 Å². The highest BCUT2D eigenvalue weighted by Gasteiger charge is 2.46. The summed E-state index contributed by atoms with van der Waals surface area (Å²) < 4.78 is 15.1. The van der Waals surface area contributed by atoms with Crippen molar-refractivity contribution < 1.29 is 19.1 Å². The van der Waals surface area contributed by atoms with E-state index in [1.54, 1.807) is 37.7 Å². The van der Waals surface area contributed by atoms with E-state index in [2.05, 4.69) is 37.4 Å². The summed E-state index contributed by atoms with van der Waals surface area (Å²) >= 11 is 1.66. The number of carbonyl (C=O) groups excluding carboxylic acids is 1. The molecule has 0 aromatic heterocycles. The van der Waals surface area contributed by atoms with E-state index in [9.17, 15) is 9.59 Å². The molecule has 1 aliphatic rings. The number of carboxylic acids is 1. The Hall–Kier alpha value is -2.86. The van der Waals surface area contributed by atoms with Gasteiger partial charge in [0.05, 0.1) is 11.2 Å². The number of benzene rings is 2. The minimum absolute atomic E-state index is 0.0421. The minimum Gasteiger partial charge on any atom is -0.481 e. The van der Waals surface area contributed by atoms with E-state index in [1.807, 2.05) is 42.5 Å². The third-order valence-electron chi connectivity index (χ3n) is 6.48. The Kier molecular flexibility index (Phi) is 9.18. The van der Waals surface area contributed by atoms with Crippen LogP contribution >= 0.6 is 11.8 Å². The fourth-order valence-corrected chi connectivity index (χ4v) is 6.19. The number of aliphatic carboxylic acids is 1. The highest BCUT2D eigenvalue weighted by atomic mass is 32.2. The minimum atomic E-state index is -1.45. The van der Waals surface area contributed by atoms with Crippen molar-refractivity contribution in [2.24, 2.45) is 5.92 Å². The quantitative estimate of drug-likeness (QED) is 0.335. The second kappa shape index (κ2) is 11.9. The average molecular weight is 510 g/mol. The first-order valence-corrected chi connectivity index (χ1v) is 13.3. The summed E-state index contributed by atoms with van der Waals surface area (Å²) in [7, 11) is 0. The predicted molar refractivity (Wildman–Crippen MR) is 147 cm³/mol. The number of carboxylic acid groups (broad SMARTS) is 1. The maximum Gasteiger partial charge on any atom is 0.305 e. The molecule has 0 spiro atoms. The Morgan fingerprint density at radius 1 is 1.11 bits per heavy atom. The maximum absolute atomic E-state index is 15.8. The lowest BCUT2D eigenvalue weighted by Crippen LogP contribution is -2.43. The number of amides is 1. The van der Waals surface area contributed by atoms with Gasteiger partial charge in [-0.1, -0.05) is 74.5 Å². The zero-order chi connectivity index (χ0) is 26.3. The molecule has 192 valence electrons. The van der Waals surface area contributed by atoms with Crippen LogP contribution in [0.4, 0.5) is 4.39 Å². The van der Waals surface area contributed by atoms with Crippen LogP contribution < -0.4 is 5.32 Å². The van der Waals surface area contributed by atoms with Crippen LogP contribution in [0.5, 0.6) is 0 Å². The van der Waals surface area contributed by atoms with Crippen LogP contribution in [0.1, 0.15) is 73.7 Å². The molecule has 2 aromatic carbocycles. The van der Waals surface area contributed by atoms with Crippen molar-refractivity contribution >= 4 is 29.2 Å². The van der Waals surface area contributed by atoms with Crippen LogP contribution in [0.3, 0.4) is 0 Å². The first-order chi connectivity index (χ1) is 17.0. The molecule has 0 aliphatic heterocycles. The van der Waals surface area contributed by atoms with Crippen molar-refractivity contribution in [2.75, 3.05) is 6.54 Å². The number of halogens is 1. The summed E-state index contributed by atoms with van der Waals surface area (Å²) in [4.78, 5) is 23.0. The monoisotopic (exact) mass is 509 g/mol. The lowest BCUT2D eigenvalue weighted by molar-refractivity contribution is -0.136. The summed E-state index contributed by atoms with van der Waals surface area (Å²) in [5, 5.41) is 11.4. The Morgan fingerprint density at radius 3 is 2.31 bits per heavy atom. The Labute approximate surface area is 218 Å². The highest BCUT2D eigenvalue weighted by Crippen LogP contribution is 2.53. The van der Waals surface area contributed by atoms with Crippen molar-refractivity contribution in [3.63, 3.8) is 0 Å². The zero-order valence-electron chi connectivity index (χ0n) is 21.5. The second-order valence-corrected chi connectivity index (χ2v) is 11.7. The van der Waals surface area contributed by atoms with Crippen molar-refractivity contribution in [3.05, 3.63) is 89.5 Å². The van der Waals surface area contributed by atoms with E-state index in [-0.39, 0.29) is 24.1 Å². The normalized spacial score (nSPS) is 18.6. The van der Waals surface area contributed by atoms with Crippen LogP contribution in [-0.2, 0) is 4.79 Å². The van der Waals surface area contributed by atoms with Gasteiger partial charge in [0.2, 0.25) is 0 Å². The molecule has 4 nitrogen and oxygen atoms in total. The molecule has 0 heterocycles. The van der Waals surface area contributed by atoms with Gasteiger partial charge in [-0.25, -0.2) is 4.39 Å². The molecule has 3 rings (SSSR count). The van der Waals surface area contributed by atoms with E-state index in [0.717, 1.165) is 23.1 Å². The molecule has 0 bridgehead atoms. The number of hydrogen-bond acceptors (Lipinski definition) is 3. The van der Waals surface area contributed by atoms with E-state index < -0.39 is 16.4 Å². The fourth-order valence-electron chi connectivity index (χ4n) is 4.30. The number of nitrogens with one attached hydrogen (secondary N) is 1. The summed E-state index contributed by atoms with van der Waals surface area (Å²) in [5.74, 6) is -0.846. The molecular formula is C30H36FNO3S. The van der Waals surface area contributed by atoms with Crippen LogP contribution in [0.15, 0.2) is 72.8 Å². The Balaban J connectivity index is 1.82. The van der Waals surface area contributed by atoms with E-state index in [0.29, 0.717) is 17.9 Å².